The van der Waals surface area contributed by atoms with Crippen LogP contribution in [0.1, 0.15) is 0 Å². The Kier molecular flexibility index (Phi) is 5.61. The Morgan fingerprint density at radius 2 is 0.936 bits per heavy atom. The number of hydrogen-bond donors (Lipinski definition) is 0. The molecule has 0 atom stereocenters. The molecule has 47 heavy (non-hydrogen) atoms. The Labute approximate surface area is 271 Å². The lowest BCUT2D eigenvalue weighted by Gasteiger charge is -2.13. The van der Waals surface area contributed by atoms with E-state index in [1.807, 2.05) is 12.1 Å². The van der Waals surface area contributed by atoms with Crippen LogP contribution in [0.4, 0.5) is 0 Å². The van der Waals surface area contributed by atoms with Crippen LogP contribution in [0.3, 0.4) is 0 Å². The summed E-state index contributed by atoms with van der Waals surface area (Å²) >= 11 is 0. The molecule has 8 aromatic carbocycles. The van der Waals surface area contributed by atoms with Gasteiger partial charge in [0.05, 0.1) is 11.2 Å². The third-order valence-corrected chi connectivity index (χ3v) is 9.60. The monoisotopic (exact) mass is 597 g/mol. The highest BCUT2D eigenvalue weighted by molar-refractivity contribution is 6.28. The molecule has 0 fully saturated rings. The van der Waals surface area contributed by atoms with Gasteiger partial charge in [0, 0.05) is 32.5 Å². The van der Waals surface area contributed by atoms with Crippen molar-refractivity contribution in [2.24, 2.45) is 0 Å². The molecule has 0 radical (unpaired) electrons. The second-order valence-corrected chi connectivity index (χ2v) is 12.4. The summed E-state index contributed by atoms with van der Waals surface area (Å²) in [6, 6.07) is 58.6. The number of fused-ring (bicyclic) bond motifs is 9. The van der Waals surface area contributed by atoms with Crippen LogP contribution < -0.4 is 0 Å². The molecule has 0 unspecified atom stereocenters. The molecule has 2 heteroatoms. The molecule has 0 saturated carbocycles. The second kappa shape index (κ2) is 10.1. The maximum atomic E-state index is 6.30. The quantitative estimate of drug-likeness (QED) is 0.189. The van der Waals surface area contributed by atoms with Crippen molar-refractivity contribution in [3.05, 3.63) is 164 Å². The van der Waals surface area contributed by atoms with Gasteiger partial charge < -0.3 is 4.42 Å². The van der Waals surface area contributed by atoms with E-state index in [1.54, 1.807) is 0 Å². The summed E-state index contributed by atoms with van der Waals surface area (Å²) < 4.78 is 6.30. The first-order chi connectivity index (χ1) is 23.3. The molecule has 0 aliphatic heterocycles. The largest absolute Gasteiger partial charge is 0.456 e. The molecule has 2 nitrogen and oxygen atoms in total. The number of nitrogens with zero attached hydrogens (tertiary/aromatic N) is 1. The van der Waals surface area contributed by atoms with E-state index in [2.05, 4.69) is 152 Å². The molecule has 0 aliphatic rings. The van der Waals surface area contributed by atoms with E-state index in [0.717, 1.165) is 49.5 Å². The van der Waals surface area contributed by atoms with Gasteiger partial charge in [-0.05, 0) is 92.3 Å². The third-order valence-electron chi connectivity index (χ3n) is 9.60. The van der Waals surface area contributed by atoms with Gasteiger partial charge in [-0.3, -0.25) is 0 Å². The summed E-state index contributed by atoms with van der Waals surface area (Å²) in [4.78, 5) is 5.26. The summed E-state index contributed by atoms with van der Waals surface area (Å²) in [6.07, 6.45) is 0. The third kappa shape index (κ3) is 4.16. The van der Waals surface area contributed by atoms with Gasteiger partial charge in [-0.1, -0.05) is 115 Å². The second-order valence-electron chi connectivity index (χ2n) is 12.4. The Bertz CT molecular complexity index is 2860. The fraction of sp³-hybridized carbons (Fsp3) is 0. The maximum Gasteiger partial charge on any atom is 0.136 e. The van der Waals surface area contributed by atoms with Crippen LogP contribution in [0.5, 0.6) is 0 Å². The summed E-state index contributed by atoms with van der Waals surface area (Å²) in [5.41, 5.74) is 9.67. The topological polar surface area (TPSA) is 26.0 Å². The summed E-state index contributed by atoms with van der Waals surface area (Å²) in [5.74, 6) is 0. The van der Waals surface area contributed by atoms with E-state index in [1.165, 1.54) is 49.2 Å². The molecule has 10 rings (SSSR count). The molecule has 218 valence electrons. The van der Waals surface area contributed by atoms with Crippen molar-refractivity contribution in [3.63, 3.8) is 0 Å². The predicted octanol–water partition coefficient (Wildman–Crippen LogP) is 12.6. The fourth-order valence-corrected chi connectivity index (χ4v) is 7.30. The van der Waals surface area contributed by atoms with Gasteiger partial charge in [0.25, 0.3) is 0 Å². The smallest absolute Gasteiger partial charge is 0.136 e. The number of pyridine rings is 1. The van der Waals surface area contributed by atoms with Crippen LogP contribution in [0.2, 0.25) is 0 Å². The first-order valence-corrected chi connectivity index (χ1v) is 16.0. The van der Waals surface area contributed by atoms with Crippen LogP contribution in [0.25, 0.3) is 98.7 Å². The highest BCUT2D eigenvalue weighted by Gasteiger charge is 2.17. The molecular formula is C45H27NO. The van der Waals surface area contributed by atoms with Crippen molar-refractivity contribution in [1.29, 1.82) is 0 Å². The average molecular weight is 598 g/mol. The number of benzene rings is 8. The molecule has 2 heterocycles. The molecular weight excluding hydrogens is 571 g/mol. The highest BCUT2D eigenvalue weighted by atomic mass is 16.3. The summed E-state index contributed by atoms with van der Waals surface area (Å²) in [6.45, 7) is 0. The van der Waals surface area contributed by atoms with Crippen molar-refractivity contribution in [2.45, 2.75) is 0 Å². The van der Waals surface area contributed by atoms with Gasteiger partial charge in [-0.15, -0.1) is 0 Å². The average Bonchev–Trinajstić information content (AvgIpc) is 3.53. The van der Waals surface area contributed by atoms with Gasteiger partial charge in [0.1, 0.15) is 11.2 Å². The lowest BCUT2D eigenvalue weighted by Crippen LogP contribution is -1.91. The lowest BCUT2D eigenvalue weighted by molar-refractivity contribution is 0.669. The number of para-hydroxylation sites is 2. The van der Waals surface area contributed by atoms with Gasteiger partial charge in [-0.2, -0.15) is 0 Å². The van der Waals surface area contributed by atoms with Gasteiger partial charge in [0.15, 0.2) is 0 Å². The van der Waals surface area contributed by atoms with Gasteiger partial charge >= 0.3 is 0 Å². The van der Waals surface area contributed by atoms with E-state index in [0.29, 0.717) is 0 Å². The highest BCUT2D eigenvalue weighted by Crippen LogP contribution is 2.41. The SMILES string of the molecule is c1cc(-c2ccc3cc(-c4ccc5ccccc5c4)ccc3c2)cc(-c2nc3ccccc3c3c2ccc2oc4ccccc4c23)c1. The zero-order valence-electron chi connectivity index (χ0n) is 25.4. The first-order valence-electron chi connectivity index (χ1n) is 16.0. The van der Waals surface area contributed by atoms with Crippen molar-refractivity contribution in [2.75, 3.05) is 0 Å². The first kappa shape index (κ1) is 26.0. The van der Waals surface area contributed by atoms with Crippen molar-refractivity contribution in [1.82, 2.24) is 4.98 Å². The number of hydrogen-bond acceptors (Lipinski definition) is 2. The summed E-state index contributed by atoms with van der Waals surface area (Å²) in [7, 11) is 0. The molecule has 0 saturated heterocycles. The summed E-state index contributed by atoms with van der Waals surface area (Å²) in [5, 5.41) is 10.7. The fourth-order valence-electron chi connectivity index (χ4n) is 7.30. The minimum atomic E-state index is 0.898. The minimum Gasteiger partial charge on any atom is -0.456 e. The van der Waals surface area contributed by atoms with E-state index in [4.69, 9.17) is 9.40 Å². The van der Waals surface area contributed by atoms with E-state index >= 15 is 0 Å². The number of furan rings is 1. The number of aromatic nitrogens is 1. The van der Waals surface area contributed by atoms with Crippen LogP contribution in [0.15, 0.2) is 168 Å². The Balaban J connectivity index is 1.10. The van der Waals surface area contributed by atoms with E-state index < -0.39 is 0 Å². The van der Waals surface area contributed by atoms with Gasteiger partial charge in [-0.25, -0.2) is 4.98 Å². The van der Waals surface area contributed by atoms with Crippen LogP contribution in [0, 0.1) is 0 Å². The molecule has 10 aromatic rings. The molecule has 0 N–H and O–H groups in total. The molecule has 0 aliphatic carbocycles. The normalized spacial score (nSPS) is 11.8. The Morgan fingerprint density at radius 1 is 0.340 bits per heavy atom. The van der Waals surface area contributed by atoms with Crippen LogP contribution >= 0.6 is 0 Å². The maximum absolute atomic E-state index is 6.30. The minimum absolute atomic E-state index is 0.898. The van der Waals surface area contributed by atoms with Crippen LogP contribution in [-0.4, -0.2) is 4.98 Å². The van der Waals surface area contributed by atoms with Crippen LogP contribution in [-0.2, 0) is 0 Å². The Hall–Kier alpha value is -6.25. The zero-order valence-corrected chi connectivity index (χ0v) is 25.4. The van der Waals surface area contributed by atoms with Crippen molar-refractivity contribution >= 4 is 65.2 Å². The molecule has 2 aromatic heterocycles. The van der Waals surface area contributed by atoms with Crippen molar-refractivity contribution < 1.29 is 4.42 Å². The van der Waals surface area contributed by atoms with E-state index in [-0.39, 0.29) is 0 Å². The van der Waals surface area contributed by atoms with Gasteiger partial charge in [0.2, 0.25) is 0 Å². The predicted molar refractivity (Wildman–Crippen MR) is 198 cm³/mol. The molecule has 0 amide bonds. The van der Waals surface area contributed by atoms with E-state index in [9.17, 15) is 0 Å². The van der Waals surface area contributed by atoms with Crippen molar-refractivity contribution in [3.8, 4) is 33.5 Å². The molecule has 0 spiro atoms. The number of rotatable bonds is 3. The molecule has 0 bridgehead atoms. The Morgan fingerprint density at radius 3 is 1.72 bits per heavy atom. The lowest BCUT2D eigenvalue weighted by atomic mass is 9.94. The standard InChI is InChI=1S/C45H27NO/c1-2-9-29-24-32(17-16-28(29)8-1)34-21-20-33-25-31(18-19-35(33)26-34)30-10-7-11-36(27-30)45-39-22-23-42-44(38-13-4-6-15-41(38)47-42)43(39)37-12-3-5-14-40(37)46-45/h1-27H. The zero-order chi connectivity index (χ0) is 30.9.